The van der Waals surface area contributed by atoms with E-state index in [1.165, 1.54) is 11.0 Å². The van der Waals surface area contributed by atoms with Crippen LogP contribution in [0.5, 0.6) is 11.5 Å². The van der Waals surface area contributed by atoms with Crippen molar-refractivity contribution in [2.24, 2.45) is 11.8 Å². The second-order valence-electron chi connectivity index (χ2n) is 9.66. The summed E-state index contributed by atoms with van der Waals surface area (Å²) in [5.41, 5.74) is 2.49. The summed E-state index contributed by atoms with van der Waals surface area (Å²) < 4.78 is 11.3. The van der Waals surface area contributed by atoms with Gasteiger partial charge in [0, 0.05) is 22.9 Å². The SMILES string of the molecule is O=C(c1ccc(Cl)cc1Cl)[C@@H]1[C@@H]2C(=O)N(c3ccc4c(c3)OCCO4)C(=O)[C@@H]2[C@H]2c3ccccc3C=CN12. The number of fused-ring (bicyclic) bond motifs is 6. The van der Waals surface area contributed by atoms with Gasteiger partial charge in [-0.25, -0.2) is 4.90 Å². The first-order valence-electron chi connectivity index (χ1n) is 12.3. The number of halogens is 2. The molecule has 0 radical (unpaired) electrons. The minimum Gasteiger partial charge on any atom is -0.486 e. The number of benzene rings is 3. The third kappa shape index (κ3) is 3.32. The predicted molar refractivity (Wildman–Crippen MR) is 142 cm³/mol. The molecule has 0 saturated carbocycles. The van der Waals surface area contributed by atoms with Crippen molar-refractivity contribution < 1.29 is 23.9 Å². The molecule has 0 bridgehead atoms. The van der Waals surface area contributed by atoms with Crippen molar-refractivity contribution in [2.45, 2.75) is 12.1 Å². The van der Waals surface area contributed by atoms with Crippen molar-refractivity contribution in [2.75, 3.05) is 18.1 Å². The van der Waals surface area contributed by atoms with E-state index in [0.717, 1.165) is 11.1 Å². The van der Waals surface area contributed by atoms with Crippen LogP contribution in [0.3, 0.4) is 0 Å². The number of rotatable bonds is 3. The summed E-state index contributed by atoms with van der Waals surface area (Å²) in [6.45, 7) is 0.807. The van der Waals surface area contributed by atoms with E-state index in [-0.39, 0.29) is 22.3 Å². The summed E-state index contributed by atoms with van der Waals surface area (Å²) in [5.74, 6) is -1.76. The Hall–Kier alpha value is -3.81. The highest BCUT2D eigenvalue weighted by molar-refractivity contribution is 6.37. The molecule has 4 atom stereocenters. The molecule has 2 saturated heterocycles. The standard InChI is InChI=1S/C29H20Cl2N2O5/c30-16-5-7-19(20(31)13-16)27(34)26-24-23(25-18-4-2-1-3-15(18)9-10-32(25)26)28(35)33(29(24)36)17-6-8-21-22(14-17)38-12-11-37-21/h1-10,13-14,23-26H,11-12H2/t23-,24+,25+,26-/m0/s1. The van der Waals surface area contributed by atoms with Crippen LogP contribution in [0.15, 0.2) is 66.9 Å². The molecule has 190 valence electrons. The minimum atomic E-state index is -0.924. The second kappa shape index (κ2) is 8.61. The van der Waals surface area contributed by atoms with Crippen LogP contribution in [-0.2, 0) is 9.59 Å². The molecule has 0 unspecified atom stereocenters. The maximum atomic E-state index is 14.1. The van der Waals surface area contributed by atoms with Gasteiger partial charge in [0.15, 0.2) is 17.3 Å². The van der Waals surface area contributed by atoms with Crippen molar-refractivity contribution >= 4 is 52.6 Å². The Bertz CT molecular complexity index is 1570. The molecule has 0 aliphatic carbocycles. The van der Waals surface area contributed by atoms with Gasteiger partial charge in [-0.1, -0.05) is 47.5 Å². The Balaban J connectivity index is 1.36. The largest absolute Gasteiger partial charge is 0.486 e. The fourth-order valence-corrected chi connectivity index (χ4v) is 6.63. The summed E-state index contributed by atoms with van der Waals surface area (Å²) in [5, 5.41) is 0.599. The average molecular weight is 547 g/mol. The molecule has 9 heteroatoms. The molecule has 2 fully saturated rings. The molecule has 0 aromatic heterocycles. The summed E-state index contributed by atoms with van der Waals surface area (Å²) in [6.07, 6.45) is 3.72. The van der Waals surface area contributed by atoms with E-state index in [1.807, 2.05) is 41.4 Å². The van der Waals surface area contributed by atoms with Gasteiger partial charge in [0.05, 0.1) is 28.6 Å². The van der Waals surface area contributed by atoms with Crippen molar-refractivity contribution in [3.8, 4) is 11.5 Å². The van der Waals surface area contributed by atoms with Crippen LogP contribution in [0, 0.1) is 11.8 Å². The Kier molecular flexibility index (Phi) is 5.29. The zero-order chi connectivity index (χ0) is 26.1. The molecule has 4 aliphatic heterocycles. The van der Waals surface area contributed by atoms with Gasteiger partial charge in [-0.3, -0.25) is 14.4 Å². The van der Waals surface area contributed by atoms with E-state index in [2.05, 4.69) is 0 Å². The van der Waals surface area contributed by atoms with E-state index in [1.54, 1.807) is 30.3 Å². The van der Waals surface area contributed by atoms with Crippen LogP contribution in [0.25, 0.3) is 6.08 Å². The van der Waals surface area contributed by atoms with E-state index in [0.29, 0.717) is 35.4 Å². The number of hydrogen-bond acceptors (Lipinski definition) is 6. The number of imide groups is 1. The topological polar surface area (TPSA) is 76.1 Å². The molecular formula is C29H20Cl2N2O5. The maximum Gasteiger partial charge on any atom is 0.240 e. The lowest BCUT2D eigenvalue weighted by Gasteiger charge is -2.35. The molecule has 4 heterocycles. The molecule has 0 spiro atoms. The highest BCUT2D eigenvalue weighted by Gasteiger charge is 2.64. The van der Waals surface area contributed by atoms with Gasteiger partial charge >= 0.3 is 0 Å². The maximum absolute atomic E-state index is 14.1. The normalized spacial score (nSPS) is 24.8. The highest BCUT2D eigenvalue weighted by Crippen LogP contribution is 2.54. The summed E-state index contributed by atoms with van der Waals surface area (Å²) in [6, 6.07) is 16.0. The van der Waals surface area contributed by atoms with Crippen molar-refractivity contribution in [3.05, 3.63) is 93.6 Å². The fourth-order valence-electron chi connectivity index (χ4n) is 6.13. The number of amides is 2. The number of nitrogens with zero attached hydrogens (tertiary/aromatic N) is 2. The van der Waals surface area contributed by atoms with Gasteiger partial charge < -0.3 is 14.4 Å². The zero-order valence-corrected chi connectivity index (χ0v) is 21.4. The van der Waals surface area contributed by atoms with Gasteiger partial charge in [-0.05, 0) is 47.5 Å². The van der Waals surface area contributed by atoms with Gasteiger partial charge in [0.25, 0.3) is 0 Å². The summed E-state index contributed by atoms with van der Waals surface area (Å²) >= 11 is 12.5. The van der Waals surface area contributed by atoms with E-state index < -0.39 is 29.8 Å². The molecule has 4 aliphatic rings. The van der Waals surface area contributed by atoms with E-state index in [9.17, 15) is 14.4 Å². The number of ketones is 1. The lowest BCUT2D eigenvalue weighted by Crippen LogP contribution is -2.44. The average Bonchev–Trinajstić information content (AvgIpc) is 3.40. The quantitative estimate of drug-likeness (QED) is 0.333. The van der Waals surface area contributed by atoms with Crippen molar-refractivity contribution in [3.63, 3.8) is 0 Å². The number of Topliss-reactive ketones (excluding diaryl/α,β-unsaturated/α-hetero) is 1. The van der Waals surface area contributed by atoms with Crippen LogP contribution in [0.4, 0.5) is 5.69 Å². The molecule has 2 amide bonds. The number of carbonyl (C=O) groups excluding carboxylic acids is 3. The molecule has 7 nitrogen and oxygen atoms in total. The first-order valence-corrected chi connectivity index (χ1v) is 13.0. The highest BCUT2D eigenvalue weighted by atomic mass is 35.5. The molecule has 38 heavy (non-hydrogen) atoms. The fraction of sp³-hybridized carbons (Fsp3) is 0.207. The van der Waals surface area contributed by atoms with Gasteiger partial charge in [-0.2, -0.15) is 0 Å². The third-order valence-electron chi connectivity index (χ3n) is 7.71. The first-order chi connectivity index (χ1) is 18.4. The van der Waals surface area contributed by atoms with Crippen LogP contribution in [0.2, 0.25) is 10.0 Å². The Morgan fingerprint density at radius 2 is 1.63 bits per heavy atom. The Labute approximate surface area is 228 Å². The number of carbonyl (C=O) groups is 3. The Morgan fingerprint density at radius 1 is 0.868 bits per heavy atom. The van der Waals surface area contributed by atoms with Gasteiger partial charge in [0.2, 0.25) is 11.8 Å². The summed E-state index contributed by atoms with van der Waals surface area (Å²) in [4.78, 5) is 45.2. The first kappa shape index (κ1) is 23.3. The molecule has 3 aromatic carbocycles. The zero-order valence-electron chi connectivity index (χ0n) is 19.8. The molecule has 0 N–H and O–H groups in total. The van der Waals surface area contributed by atoms with Crippen molar-refractivity contribution in [1.29, 1.82) is 0 Å². The van der Waals surface area contributed by atoms with Gasteiger partial charge in [-0.15, -0.1) is 0 Å². The number of anilines is 1. The van der Waals surface area contributed by atoms with Crippen LogP contribution < -0.4 is 14.4 Å². The van der Waals surface area contributed by atoms with Crippen LogP contribution in [-0.4, -0.2) is 41.8 Å². The van der Waals surface area contributed by atoms with E-state index in [4.69, 9.17) is 32.7 Å². The van der Waals surface area contributed by atoms with Gasteiger partial charge in [0.1, 0.15) is 19.3 Å². The lowest BCUT2D eigenvalue weighted by molar-refractivity contribution is -0.123. The monoisotopic (exact) mass is 546 g/mol. The van der Waals surface area contributed by atoms with Crippen LogP contribution in [0.1, 0.15) is 27.5 Å². The number of hydrogen-bond donors (Lipinski definition) is 0. The molecular weight excluding hydrogens is 527 g/mol. The number of ether oxygens (including phenoxy) is 2. The molecule has 7 rings (SSSR count). The smallest absolute Gasteiger partial charge is 0.240 e. The van der Waals surface area contributed by atoms with Crippen molar-refractivity contribution in [1.82, 2.24) is 4.90 Å². The Morgan fingerprint density at radius 3 is 2.45 bits per heavy atom. The second-order valence-corrected chi connectivity index (χ2v) is 10.5. The van der Waals surface area contributed by atoms with E-state index >= 15 is 0 Å². The third-order valence-corrected chi connectivity index (χ3v) is 8.26. The minimum absolute atomic E-state index is 0.198. The molecule has 3 aromatic rings. The summed E-state index contributed by atoms with van der Waals surface area (Å²) in [7, 11) is 0. The lowest BCUT2D eigenvalue weighted by atomic mass is 9.83. The predicted octanol–water partition coefficient (Wildman–Crippen LogP) is 5.16. The van der Waals surface area contributed by atoms with Crippen LogP contribution >= 0.6 is 23.2 Å².